The van der Waals surface area contributed by atoms with Gasteiger partial charge < -0.3 is 16.0 Å². The summed E-state index contributed by atoms with van der Waals surface area (Å²) in [4.78, 5) is 49.8. The van der Waals surface area contributed by atoms with Crippen LogP contribution in [0.4, 0.5) is 11.6 Å². The summed E-state index contributed by atoms with van der Waals surface area (Å²) in [6.07, 6.45) is 3.24. The van der Waals surface area contributed by atoms with Gasteiger partial charge in [0.05, 0.1) is 18.8 Å². The van der Waals surface area contributed by atoms with Crippen molar-refractivity contribution in [2.75, 3.05) is 23.3 Å². The number of Topliss-reactive ketones (excluding diaryl/α,β-unsaturated/α-hetero) is 1. The molecule has 0 radical (unpaired) electrons. The lowest BCUT2D eigenvalue weighted by atomic mass is 10.1. The van der Waals surface area contributed by atoms with Crippen LogP contribution in [0.3, 0.4) is 0 Å². The van der Waals surface area contributed by atoms with Crippen LogP contribution in [0.15, 0.2) is 65.7 Å². The van der Waals surface area contributed by atoms with E-state index in [4.69, 9.17) is 10.7 Å². The Morgan fingerprint density at radius 3 is 2.62 bits per heavy atom. The van der Waals surface area contributed by atoms with Crippen molar-refractivity contribution in [3.63, 3.8) is 0 Å². The highest BCUT2D eigenvalue weighted by Crippen LogP contribution is 2.24. The van der Waals surface area contributed by atoms with Gasteiger partial charge in [-0.3, -0.25) is 23.5 Å². The second-order valence-corrected chi connectivity index (χ2v) is 9.33. The zero-order valence-corrected chi connectivity index (χ0v) is 20.6. The first kappa shape index (κ1) is 24.4. The molecule has 0 aliphatic carbocycles. The second kappa shape index (κ2) is 10.4. The number of para-hydroxylation sites is 1. The van der Waals surface area contributed by atoms with Crippen LogP contribution in [0.5, 0.6) is 0 Å². The first-order valence-electron chi connectivity index (χ1n) is 12.3. The van der Waals surface area contributed by atoms with E-state index in [2.05, 4.69) is 15.2 Å². The highest BCUT2D eigenvalue weighted by atomic mass is 16.2. The lowest BCUT2D eigenvalue weighted by Gasteiger charge is -2.31. The highest BCUT2D eigenvalue weighted by Gasteiger charge is 2.25. The van der Waals surface area contributed by atoms with Crippen LogP contribution < -0.4 is 21.5 Å². The average molecular weight is 500 g/mol. The molecule has 1 amide bonds. The van der Waals surface area contributed by atoms with E-state index < -0.39 is 0 Å². The third-order valence-corrected chi connectivity index (χ3v) is 6.49. The van der Waals surface area contributed by atoms with Crippen molar-refractivity contribution < 1.29 is 9.59 Å². The van der Waals surface area contributed by atoms with E-state index in [0.29, 0.717) is 41.5 Å². The van der Waals surface area contributed by atoms with Crippen molar-refractivity contribution in [2.45, 2.75) is 38.9 Å². The highest BCUT2D eigenvalue weighted by molar-refractivity contribution is 6.04. The number of aromatic nitrogens is 4. The minimum absolute atomic E-state index is 0.0321. The Labute approximate surface area is 213 Å². The van der Waals surface area contributed by atoms with Gasteiger partial charge in [0.25, 0.3) is 5.56 Å². The van der Waals surface area contributed by atoms with Crippen LogP contribution in [0, 0.1) is 0 Å². The van der Waals surface area contributed by atoms with Crippen molar-refractivity contribution in [3.05, 3.63) is 82.4 Å². The number of carbonyl (C=O) groups is 2. The van der Waals surface area contributed by atoms with Crippen LogP contribution in [-0.4, -0.2) is 49.9 Å². The molecule has 0 bridgehead atoms. The molecule has 190 valence electrons. The fourth-order valence-corrected chi connectivity index (χ4v) is 4.77. The predicted octanol–water partition coefficient (Wildman–Crippen LogP) is 2.41. The number of carbonyl (C=O) groups excluding carboxylic acids is 2. The maximum absolute atomic E-state index is 13.7. The number of imidazole rings is 1. The number of hydrogen-bond donors (Lipinski definition) is 2. The predicted molar refractivity (Wildman–Crippen MR) is 142 cm³/mol. The number of nitrogens with zero attached hydrogens (tertiary/aromatic N) is 5. The molecule has 3 N–H and O–H groups in total. The van der Waals surface area contributed by atoms with Gasteiger partial charge in [0.1, 0.15) is 6.33 Å². The lowest BCUT2D eigenvalue weighted by molar-refractivity contribution is -0.114. The first-order valence-corrected chi connectivity index (χ1v) is 12.3. The first-order chi connectivity index (χ1) is 17.9. The van der Waals surface area contributed by atoms with E-state index in [-0.39, 0.29) is 29.8 Å². The van der Waals surface area contributed by atoms with Crippen molar-refractivity contribution >= 4 is 34.5 Å². The van der Waals surface area contributed by atoms with Crippen LogP contribution >= 0.6 is 0 Å². The minimum atomic E-state index is -0.355. The van der Waals surface area contributed by atoms with Gasteiger partial charge in [-0.05, 0) is 30.5 Å². The number of piperidine rings is 1. The van der Waals surface area contributed by atoms with Crippen molar-refractivity contribution in [1.82, 2.24) is 19.1 Å². The Morgan fingerprint density at radius 2 is 1.86 bits per heavy atom. The molecule has 1 aliphatic heterocycles. The van der Waals surface area contributed by atoms with Gasteiger partial charge >= 0.3 is 0 Å². The molecule has 10 nitrogen and oxygen atoms in total. The standard InChI is InChI=1S/C27H29N7O3/c1-18(35)30-22-12-6-5-11-21(22)23(36)16-33-17-29-25-24(26(33)37)34(14-19-8-3-2-4-9-19)27(31-25)32-13-7-10-20(28)15-32/h2-6,8-9,11-12,17,20H,7,10,13-16,28H2,1H3,(H,30,35). The van der Waals surface area contributed by atoms with Gasteiger partial charge in [0.15, 0.2) is 16.9 Å². The average Bonchev–Trinajstić information content (AvgIpc) is 3.25. The second-order valence-electron chi connectivity index (χ2n) is 9.33. The zero-order chi connectivity index (χ0) is 25.9. The molecule has 0 saturated carbocycles. The SMILES string of the molecule is CC(=O)Nc1ccccc1C(=O)Cn1cnc2nc(N3CCCC(N)C3)n(Cc3ccccc3)c2c1=O. The molecule has 0 spiro atoms. The summed E-state index contributed by atoms with van der Waals surface area (Å²) in [6.45, 7) is 3.02. The van der Waals surface area contributed by atoms with E-state index in [1.54, 1.807) is 24.3 Å². The number of ketones is 1. The van der Waals surface area contributed by atoms with Gasteiger partial charge in [-0.15, -0.1) is 0 Å². The number of hydrogen-bond acceptors (Lipinski definition) is 7. The minimum Gasteiger partial charge on any atom is -0.341 e. The van der Waals surface area contributed by atoms with Gasteiger partial charge in [-0.25, -0.2) is 4.98 Å². The van der Waals surface area contributed by atoms with Crippen LogP contribution in [0.1, 0.15) is 35.7 Å². The van der Waals surface area contributed by atoms with Gasteiger partial charge in [0.2, 0.25) is 11.9 Å². The van der Waals surface area contributed by atoms with Crippen LogP contribution in [0.25, 0.3) is 11.2 Å². The number of anilines is 2. The molecule has 1 atom stereocenters. The monoisotopic (exact) mass is 499 g/mol. The summed E-state index contributed by atoms with van der Waals surface area (Å²) >= 11 is 0. The molecule has 3 heterocycles. The van der Waals surface area contributed by atoms with E-state index in [0.717, 1.165) is 24.9 Å². The number of amides is 1. The van der Waals surface area contributed by atoms with Gasteiger partial charge in [-0.1, -0.05) is 42.5 Å². The molecular formula is C27H29N7O3. The lowest BCUT2D eigenvalue weighted by Crippen LogP contribution is -2.44. The molecule has 2 aromatic carbocycles. The number of fused-ring (bicyclic) bond motifs is 1. The molecule has 1 unspecified atom stereocenters. The molecule has 5 rings (SSSR count). The summed E-state index contributed by atoms with van der Waals surface area (Å²) in [5.41, 5.74) is 8.29. The molecule has 4 aromatic rings. The van der Waals surface area contributed by atoms with Gasteiger partial charge in [-0.2, -0.15) is 4.98 Å². The maximum Gasteiger partial charge on any atom is 0.280 e. The van der Waals surface area contributed by atoms with Gasteiger partial charge in [0, 0.05) is 31.6 Å². The third-order valence-electron chi connectivity index (χ3n) is 6.49. The number of nitrogens with two attached hydrogens (primary N) is 1. The number of rotatable bonds is 7. The molecule has 1 aliphatic rings. The summed E-state index contributed by atoms with van der Waals surface area (Å²) in [7, 11) is 0. The van der Waals surface area contributed by atoms with E-state index in [1.807, 2.05) is 34.9 Å². The molecule has 10 heteroatoms. The van der Waals surface area contributed by atoms with E-state index in [1.165, 1.54) is 17.8 Å². The molecular weight excluding hydrogens is 470 g/mol. The summed E-state index contributed by atoms with van der Waals surface area (Å²) in [6, 6.07) is 16.6. The fourth-order valence-electron chi connectivity index (χ4n) is 4.77. The number of nitrogens with one attached hydrogen (secondary N) is 1. The number of benzene rings is 2. The molecule has 1 fully saturated rings. The maximum atomic E-state index is 13.7. The van der Waals surface area contributed by atoms with E-state index in [9.17, 15) is 14.4 Å². The largest absolute Gasteiger partial charge is 0.341 e. The Balaban J connectivity index is 1.56. The Bertz CT molecular complexity index is 1510. The molecule has 2 aromatic heterocycles. The molecule has 37 heavy (non-hydrogen) atoms. The van der Waals surface area contributed by atoms with Crippen molar-refractivity contribution in [3.8, 4) is 0 Å². The summed E-state index contributed by atoms with van der Waals surface area (Å²) < 4.78 is 3.17. The zero-order valence-electron chi connectivity index (χ0n) is 20.6. The summed E-state index contributed by atoms with van der Waals surface area (Å²) in [5.74, 6) is 0.0536. The van der Waals surface area contributed by atoms with Crippen LogP contribution in [0.2, 0.25) is 0 Å². The van der Waals surface area contributed by atoms with Crippen LogP contribution in [-0.2, 0) is 17.9 Å². The summed E-state index contributed by atoms with van der Waals surface area (Å²) in [5, 5.41) is 2.67. The Morgan fingerprint density at radius 1 is 1.11 bits per heavy atom. The normalized spacial score (nSPS) is 15.6. The smallest absolute Gasteiger partial charge is 0.280 e. The quantitative estimate of drug-likeness (QED) is 0.374. The van der Waals surface area contributed by atoms with Crippen molar-refractivity contribution in [1.29, 1.82) is 0 Å². The Hall–Kier alpha value is -4.31. The molecule has 1 saturated heterocycles. The third kappa shape index (κ3) is 5.14. The van der Waals surface area contributed by atoms with Crippen molar-refractivity contribution in [2.24, 2.45) is 5.73 Å². The van der Waals surface area contributed by atoms with E-state index >= 15 is 0 Å². The Kier molecular flexibility index (Phi) is 6.82. The fraction of sp³-hybridized carbons (Fsp3) is 0.296. The topological polar surface area (TPSA) is 128 Å².